The van der Waals surface area contributed by atoms with Crippen LogP contribution in [-0.4, -0.2) is 54.2 Å². The van der Waals surface area contributed by atoms with E-state index in [0.717, 1.165) is 10.9 Å². The van der Waals surface area contributed by atoms with E-state index >= 15 is 0 Å². The number of fused-ring (bicyclic) bond motifs is 1. The van der Waals surface area contributed by atoms with E-state index in [0.29, 0.717) is 30.4 Å². The summed E-state index contributed by atoms with van der Waals surface area (Å²) in [6.07, 6.45) is 0.527. The number of nitrogens with zero attached hydrogens (tertiary/aromatic N) is 1. The van der Waals surface area contributed by atoms with Gasteiger partial charge in [-0.3, -0.25) is 4.79 Å². The fourth-order valence-corrected chi connectivity index (χ4v) is 3.27. The molecule has 2 heterocycles. The summed E-state index contributed by atoms with van der Waals surface area (Å²) in [6, 6.07) is 7.14. The van der Waals surface area contributed by atoms with E-state index < -0.39 is 0 Å². The lowest BCUT2D eigenvalue weighted by Gasteiger charge is -2.32. The van der Waals surface area contributed by atoms with Gasteiger partial charge in [-0.25, -0.2) is 0 Å². The normalized spacial score (nSPS) is 21.1. The Morgan fingerprint density at radius 3 is 3.12 bits per heavy atom. The highest BCUT2D eigenvalue weighted by molar-refractivity contribution is 6.35. The summed E-state index contributed by atoms with van der Waals surface area (Å²) in [5.41, 5.74) is 1.44. The second kappa shape index (κ2) is 7.53. The third-order valence-electron chi connectivity index (χ3n) is 4.30. The summed E-state index contributed by atoms with van der Waals surface area (Å²) < 4.78 is 12.9. The van der Waals surface area contributed by atoms with Crippen LogP contribution in [0.15, 0.2) is 24.3 Å². The van der Waals surface area contributed by atoms with Crippen molar-refractivity contribution in [1.82, 2.24) is 9.88 Å². The SMILES string of the molecule is Cn1c(C(=O)N[C@@H]2COCC[C@@H]2OCCO)cc2c(Cl)cccc21. The third-order valence-corrected chi connectivity index (χ3v) is 4.63. The second-order valence-corrected chi connectivity index (χ2v) is 6.24. The molecular formula is C17H21ClN2O4. The average molecular weight is 353 g/mol. The topological polar surface area (TPSA) is 72.7 Å². The highest BCUT2D eigenvalue weighted by Gasteiger charge is 2.29. The Kier molecular flexibility index (Phi) is 5.40. The molecule has 24 heavy (non-hydrogen) atoms. The molecule has 7 heteroatoms. The van der Waals surface area contributed by atoms with E-state index in [1.165, 1.54) is 0 Å². The van der Waals surface area contributed by atoms with Gasteiger partial charge in [0.15, 0.2) is 0 Å². The number of aryl methyl sites for hydroxylation is 1. The smallest absolute Gasteiger partial charge is 0.268 e. The van der Waals surface area contributed by atoms with E-state index in [1.807, 2.05) is 23.7 Å². The lowest BCUT2D eigenvalue weighted by molar-refractivity contribution is -0.0612. The van der Waals surface area contributed by atoms with Crippen LogP contribution < -0.4 is 5.32 Å². The van der Waals surface area contributed by atoms with Gasteiger partial charge in [0.2, 0.25) is 0 Å². The largest absolute Gasteiger partial charge is 0.394 e. The first-order chi connectivity index (χ1) is 11.6. The molecule has 6 nitrogen and oxygen atoms in total. The van der Waals surface area contributed by atoms with Gasteiger partial charge in [0.05, 0.1) is 32.0 Å². The van der Waals surface area contributed by atoms with Crippen LogP contribution >= 0.6 is 11.6 Å². The summed E-state index contributed by atoms with van der Waals surface area (Å²) in [7, 11) is 1.84. The summed E-state index contributed by atoms with van der Waals surface area (Å²) in [5.74, 6) is -0.196. The molecular weight excluding hydrogens is 332 g/mol. The monoisotopic (exact) mass is 352 g/mol. The highest BCUT2D eigenvalue weighted by Crippen LogP contribution is 2.26. The number of benzene rings is 1. The molecule has 1 saturated heterocycles. The van der Waals surface area contributed by atoms with Crippen LogP contribution in [0.4, 0.5) is 0 Å². The Morgan fingerprint density at radius 1 is 1.54 bits per heavy atom. The number of aliphatic hydroxyl groups is 1. The lowest BCUT2D eigenvalue weighted by Crippen LogP contribution is -2.51. The summed E-state index contributed by atoms with van der Waals surface area (Å²) in [5, 5.41) is 13.4. The number of rotatable bonds is 5. The molecule has 0 unspecified atom stereocenters. The zero-order chi connectivity index (χ0) is 17.1. The predicted octanol–water partition coefficient (Wildman–Crippen LogP) is 1.73. The minimum absolute atomic E-state index is 0.0419. The van der Waals surface area contributed by atoms with Crippen molar-refractivity contribution in [1.29, 1.82) is 0 Å². The van der Waals surface area contributed by atoms with Crippen LogP contribution in [0, 0.1) is 0 Å². The minimum atomic E-state index is -0.244. The molecule has 130 valence electrons. The van der Waals surface area contributed by atoms with Gasteiger partial charge < -0.3 is 24.5 Å². The summed E-state index contributed by atoms with van der Waals surface area (Å²) in [6.45, 7) is 1.19. The van der Waals surface area contributed by atoms with Gasteiger partial charge in [-0.15, -0.1) is 0 Å². The Hall–Kier alpha value is -1.60. The van der Waals surface area contributed by atoms with E-state index in [1.54, 1.807) is 12.1 Å². The van der Waals surface area contributed by atoms with E-state index in [9.17, 15) is 4.79 Å². The zero-order valence-corrected chi connectivity index (χ0v) is 14.3. The lowest BCUT2D eigenvalue weighted by atomic mass is 10.1. The number of carbonyl (C=O) groups is 1. The standard InChI is InChI=1S/C17H21ClN2O4/c1-20-14-4-2-3-12(18)11(14)9-15(20)17(22)19-13-10-23-7-5-16(13)24-8-6-21/h2-4,9,13,16,21H,5-8,10H2,1H3,(H,19,22)/t13-,16+/m1/s1. The number of hydrogen-bond acceptors (Lipinski definition) is 4. The van der Waals surface area contributed by atoms with Crippen LogP contribution in [0.3, 0.4) is 0 Å². The van der Waals surface area contributed by atoms with Crippen molar-refractivity contribution in [3.63, 3.8) is 0 Å². The highest BCUT2D eigenvalue weighted by atomic mass is 35.5. The molecule has 1 aromatic carbocycles. The fourth-order valence-electron chi connectivity index (χ4n) is 3.04. The van der Waals surface area contributed by atoms with E-state index in [4.69, 9.17) is 26.2 Å². The van der Waals surface area contributed by atoms with Crippen LogP contribution in [0.5, 0.6) is 0 Å². The van der Waals surface area contributed by atoms with Gasteiger partial charge in [0, 0.05) is 29.6 Å². The van der Waals surface area contributed by atoms with Gasteiger partial charge in [0.25, 0.3) is 5.91 Å². The maximum atomic E-state index is 12.7. The van der Waals surface area contributed by atoms with Gasteiger partial charge in [-0.2, -0.15) is 0 Å². The average Bonchev–Trinajstić information content (AvgIpc) is 2.93. The number of ether oxygens (including phenoxy) is 2. The molecule has 0 aliphatic carbocycles. The van der Waals surface area contributed by atoms with Crippen molar-refractivity contribution in [3.8, 4) is 0 Å². The number of aromatic nitrogens is 1. The van der Waals surface area contributed by atoms with Crippen LogP contribution in [0.25, 0.3) is 10.9 Å². The quantitative estimate of drug-likeness (QED) is 0.859. The van der Waals surface area contributed by atoms with Crippen LogP contribution in [0.1, 0.15) is 16.9 Å². The van der Waals surface area contributed by atoms with Crippen molar-refractivity contribution in [2.45, 2.75) is 18.6 Å². The first-order valence-electron chi connectivity index (χ1n) is 7.97. The molecule has 1 aliphatic heterocycles. The van der Waals surface area contributed by atoms with Crippen LogP contribution in [0.2, 0.25) is 5.02 Å². The van der Waals surface area contributed by atoms with Crippen LogP contribution in [-0.2, 0) is 16.5 Å². The Balaban J connectivity index is 1.79. The summed E-state index contributed by atoms with van der Waals surface area (Å²) >= 11 is 6.21. The van der Waals surface area contributed by atoms with Crippen molar-refractivity contribution < 1.29 is 19.4 Å². The number of carbonyl (C=O) groups excluding carboxylic acids is 1. The Bertz CT molecular complexity index is 731. The van der Waals surface area contributed by atoms with E-state index in [-0.39, 0.29) is 31.3 Å². The third kappa shape index (κ3) is 3.42. The van der Waals surface area contributed by atoms with E-state index in [2.05, 4.69) is 5.32 Å². The number of aliphatic hydroxyl groups excluding tert-OH is 1. The fraction of sp³-hybridized carbons (Fsp3) is 0.471. The summed E-state index contributed by atoms with van der Waals surface area (Å²) in [4.78, 5) is 12.7. The molecule has 1 fully saturated rings. The molecule has 2 aromatic rings. The minimum Gasteiger partial charge on any atom is -0.394 e. The van der Waals surface area contributed by atoms with Crippen molar-refractivity contribution in [3.05, 3.63) is 35.0 Å². The molecule has 3 rings (SSSR count). The first-order valence-corrected chi connectivity index (χ1v) is 8.34. The maximum Gasteiger partial charge on any atom is 0.268 e. The van der Waals surface area contributed by atoms with Gasteiger partial charge in [0.1, 0.15) is 5.69 Å². The number of hydrogen-bond donors (Lipinski definition) is 2. The Labute approximate surface area is 145 Å². The van der Waals surface area contributed by atoms with Gasteiger partial charge in [-0.1, -0.05) is 17.7 Å². The number of nitrogens with one attached hydrogen (secondary N) is 1. The zero-order valence-electron chi connectivity index (χ0n) is 13.5. The molecule has 2 N–H and O–H groups in total. The molecule has 2 atom stereocenters. The van der Waals surface area contributed by atoms with Gasteiger partial charge >= 0.3 is 0 Å². The molecule has 0 radical (unpaired) electrons. The molecule has 0 saturated carbocycles. The second-order valence-electron chi connectivity index (χ2n) is 5.84. The number of amides is 1. The number of halogens is 1. The molecule has 0 bridgehead atoms. The van der Waals surface area contributed by atoms with Gasteiger partial charge in [-0.05, 0) is 24.6 Å². The van der Waals surface area contributed by atoms with Crippen molar-refractivity contribution in [2.75, 3.05) is 26.4 Å². The molecule has 1 amide bonds. The Morgan fingerprint density at radius 2 is 2.38 bits per heavy atom. The maximum absolute atomic E-state index is 12.7. The van der Waals surface area contributed by atoms with Crippen molar-refractivity contribution in [2.24, 2.45) is 7.05 Å². The predicted molar refractivity (Wildman–Crippen MR) is 91.4 cm³/mol. The molecule has 1 aliphatic rings. The van der Waals surface area contributed by atoms with Crippen molar-refractivity contribution >= 4 is 28.4 Å². The molecule has 0 spiro atoms. The molecule has 1 aromatic heterocycles. The first kappa shape index (κ1) is 17.2.